The molecule has 0 aliphatic heterocycles. The zero-order valence-corrected chi connectivity index (χ0v) is 12.3. The largest absolute Gasteiger partial charge is 0.312 e. The molecule has 0 aromatic heterocycles. The fourth-order valence-corrected chi connectivity index (χ4v) is 3.04. The molecule has 0 saturated heterocycles. The topological polar surface area (TPSA) is 12.0 Å². The van der Waals surface area contributed by atoms with Gasteiger partial charge in [0.05, 0.1) is 0 Å². The normalized spacial score (nSPS) is 17.7. The first-order valence-electron chi connectivity index (χ1n) is 6.90. The summed E-state index contributed by atoms with van der Waals surface area (Å²) in [6.45, 7) is 1.80. The molecule has 1 aliphatic rings. The molecular weight excluding hydrogens is 293 g/mol. The van der Waals surface area contributed by atoms with Crippen LogP contribution in [0.1, 0.15) is 44.1 Å². The predicted octanol–water partition coefficient (Wildman–Crippen LogP) is 4.65. The second-order valence-corrected chi connectivity index (χ2v) is 6.08. The van der Waals surface area contributed by atoms with Gasteiger partial charge in [0, 0.05) is 11.0 Å². The highest BCUT2D eigenvalue weighted by atomic mass is 79.9. The highest BCUT2D eigenvalue weighted by Gasteiger charge is 2.11. The van der Waals surface area contributed by atoms with Crippen LogP contribution in [0.2, 0.25) is 0 Å². The Labute approximate surface area is 117 Å². The summed E-state index contributed by atoms with van der Waals surface area (Å²) in [6.07, 6.45) is 8.22. The summed E-state index contributed by atoms with van der Waals surface area (Å²) in [5.41, 5.74) is 1.00. The first-order valence-corrected chi connectivity index (χ1v) is 7.69. The van der Waals surface area contributed by atoms with E-state index in [1.807, 2.05) is 0 Å². The van der Waals surface area contributed by atoms with E-state index in [4.69, 9.17) is 0 Å². The van der Waals surface area contributed by atoms with Gasteiger partial charge in [0.15, 0.2) is 0 Å². The Balaban J connectivity index is 1.78. The predicted molar refractivity (Wildman–Crippen MR) is 77.0 cm³/mol. The minimum absolute atomic E-state index is 0.163. The van der Waals surface area contributed by atoms with Crippen LogP contribution in [0.15, 0.2) is 22.7 Å². The van der Waals surface area contributed by atoms with Gasteiger partial charge < -0.3 is 5.32 Å². The molecule has 0 spiro atoms. The molecule has 2 rings (SSSR count). The van der Waals surface area contributed by atoms with E-state index in [0.717, 1.165) is 29.0 Å². The van der Waals surface area contributed by atoms with Crippen LogP contribution in [-0.4, -0.2) is 6.54 Å². The fraction of sp³-hybridized carbons (Fsp3) is 0.600. The molecule has 1 aromatic rings. The molecule has 0 heterocycles. The Morgan fingerprint density at radius 1 is 1.17 bits per heavy atom. The van der Waals surface area contributed by atoms with E-state index in [-0.39, 0.29) is 5.82 Å². The quantitative estimate of drug-likeness (QED) is 0.798. The number of hydrogen-bond acceptors (Lipinski definition) is 1. The molecule has 1 nitrogen and oxygen atoms in total. The molecule has 0 atom stereocenters. The van der Waals surface area contributed by atoms with Crippen LogP contribution < -0.4 is 5.32 Å². The summed E-state index contributed by atoms with van der Waals surface area (Å²) in [7, 11) is 0. The van der Waals surface area contributed by atoms with E-state index in [9.17, 15) is 4.39 Å². The lowest BCUT2D eigenvalue weighted by Crippen LogP contribution is -2.22. The Morgan fingerprint density at radius 2 is 1.89 bits per heavy atom. The third-order valence-electron chi connectivity index (χ3n) is 3.73. The second kappa shape index (κ2) is 7.25. The zero-order valence-electron chi connectivity index (χ0n) is 10.7. The number of halogens is 2. The summed E-state index contributed by atoms with van der Waals surface area (Å²) < 4.78 is 14.1. The van der Waals surface area contributed by atoms with Crippen LogP contribution in [0.25, 0.3) is 0 Å². The highest BCUT2D eigenvalue weighted by Crippen LogP contribution is 2.22. The van der Waals surface area contributed by atoms with Crippen molar-refractivity contribution in [2.75, 3.05) is 6.54 Å². The van der Waals surface area contributed by atoms with Crippen molar-refractivity contribution in [1.29, 1.82) is 0 Å². The Hall–Kier alpha value is -0.410. The van der Waals surface area contributed by atoms with E-state index >= 15 is 0 Å². The molecule has 100 valence electrons. The van der Waals surface area contributed by atoms with Gasteiger partial charge in [-0.2, -0.15) is 0 Å². The Bertz CT molecular complexity index is 373. The zero-order chi connectivity index (χ0) is 12.8. The highest BCUT2D eigenvalue weighted by molar-refractivity contribution is 9.10. The molecule has 0 radical (unpaired) electrons. The molecule has 1 aromatic carbocycles. The summed E-state index contributed by atoms with van der Waals surface area (Å²) in [5.74, 6) is 0.643. The van der Waals surface area contributed by atoms with Crippen molar-refractivity contribution in [3.63, 3.8) is 0 Å². The van der Waals surface area contributed by atoms with Crippen molar-refractivity contribution in [2.24, 2.45) is 5.92 Å². The van der Waals surface area contributed by atoms with Crippen molar-refractivity contribution >= 4 is 15.9 Å². The summed E-state index contributed by atoms with van der Waals surface area (Å²) in [4.78, 5) is 0. The average molecular weight is 314 g/mol. The molecule has 1 saturated carbocycles. The monoisotopic (exact) mass is 313 g/mol. The molecule has 0 amide bonds. The van der Waals surface area contributed by atoms with Gasteiger partial charge in [0.25, 0.3) is 0 Å². The van der Waals surface area contributed by atoms with Crippen molar-refractivity contribution in [2.45, 2.75) is 45.1 Å². The van der Waals surface area contributed by atoms with Crippen LogP contribution in [0, 0.1) is 11.7 Å². The lowest BCUT2D eigenvalue weighted by Gasteiger charge is -2.15. The van der Waals surface area contributed by atoms with E-state index in [0.29, 0.717) is 0 Å². The lowest BCUT2D eigenvalue weighted by molar-refractivity contribution is 0.424. The fourth-order valence-electron chi connectivity index (χ4n) is 2.66. The van der Waals surface area contributed by atoms with E-state index < -0.39 is 0 Å². The summed E-state index contributed by atoms with van der Waals surface area (Å²) >= 11 is 3.46. The minimum atomic E-state index is -0.163. The standard InChI is InChI=1S/C15H21BrFN/c16-15-8-7-14(17)9-13(15)11-18-10-12-5-3-1-2-4-6-12/h7-9,12,18H,1-6,10-11H2. The van der Waals surface area contributed by atoms with Gasteiger partial charge >= 0.3 is 0 Å². The van der Waals surface area contributed by atoms with Gasteiger partial charge in [-0.3, -0.25) is 0 Å². The Morgan fingerprint density at radius 3 is 2.61 bits per heavy atom. The first-order chi connectivity index (χ1) is 8.75. The Kier molecular flexibility index (Phi) is 5.64. The number of nitrogens with one attached hydrogen (secondary N) is 1. The van der Waals surface area contributed by atoms with Gasteiger partial charge in [0.2, 0.25) is 0 Å². The van der Waals surface area contributed by atoms with Crippen LogP contribution in [0.3, 0.4) is 0 Å². The maximum absolute atomic E-state index is 13.1. The molecule has 1 aliphatic carbocycles. The SMILES string of the molecule is Fc1ccc(Br)c(CNCC2CCCCCC2)c1. The summed E-state index contributed by atoms with van der Waals surface area (Å²) in [6, 6.07) is 4.86. The van der Waals surface area contributed by atoms with Crippen molar-refractivity contribution in [3.05, 3.63) is 34.1 Å². The van der Waals surface area contributed by atoms with E-state index in [2.05, 4.69) is 21.2 Å². The van der Waals surface area contributed by atoms with Gasteiger partial charge in [-0.25, -0.2) is 4.39 Å². The summed E-state index contributed by atoms with van der Waals surface area (Å²) in [5, 5.41) is 3.47. The van der Waals surface area contributed by atoms with Gasteiger partial charge in [-0.1, -0.05) is 41.6 Å². The number of benzene rings is 1. The maximum atomic E-state index is 13.1. The first kappa shape index (κ1) is 14.0. The average Bonchev–Trinajstić information content (AvgIpc) is 2.62. The molecule has 18 heavy (non-hydrogen) atoms. The van der Waals surface area contributed by atoms with Crippen LogP contribution >= 0.6 is 15.9 Å². The maximum Gasteiger partial charge on any atom is 0.123 e. The van der Waals surface area contributed by atoms with E-state index in [1.165, 1.54) is 44.6 Å². The third kappa shape index (κ3) is 4.36. The van der Waals surface area contributed by atoms with Crippen LogP contribution in [0.4, 0.5) is 4.39 Å². The van der Waals surface area contributed by atoms with Gasteiger partial charge in [-0.15, -0.1) is 0 Å². The van der Waals surface area contributed by atoms with Crippen LogP contribution in [0.5, 0.6) is 0 Å². The molecule has 3 heteroatoms. The molecule has 0 bridgehead atoms. The van der Waals surface area contributed by atoms with E-state index in [1.54, 1.807) is 12.1 Å². The third-order valence-corrected chi connectivity index (χ3v) is 4.50. The van der Waals surface area contributed by atoms with Crippen molar-refractivity contribution < 1.29 is 4.39 Å². The second-order valence-electron chi connectivity index (χ2n) is 5.22. The molecule has 0 unspecified atom stereocenters. The lowest BCUT2D eigenvalue weighted by atomic mass is 10.0. The number of rotatable bonds is 4. The number of hydrogen-bond donors (Lipinski definition) is 1. The van der Waals surface area contributed by atoms with Gasteiger partial charge in [-0.05, 0) is 49.1 Å². The minimum Gasteiger partial charge on any atom is -0.312 e. The van der Waals surface area contributed by atoms with Crippen molar-refractivity contribution in [1.82, 2.24) is 5.32 Å². The smallest absolute Gasteiger partial charge is 0.123 e. The van der Waals surface area contributed by atoms with Crippen LogP contribution in [-0.2, 0) is 6.54 Å². The van der Waals surface area contributed by atoms with Gasteiger partial charge in [0.1, 0.15) is 5.82 Å². The molecule has 1 N–H and O–H groups in total. The van der Waals surface area contributed by atoms with Crippen molar-refractivity contribution in [3.8, 4) is 0 Å². The molecular formula is C15H21BrFN. The molecule has 1 fully saturated rings.